The van der Waals surface area contributed by atoms with Crippen LogP contribution in [0.2, 0.25) is 0 Å². The highest BCUT2D eigenvalue weighted by Crippen LogP contribution is 2.29. The molecule has 134 valence electrons. The summed E-state index contributed by atoms with van der Waals surface area (Å²) in [6, 6.07) is 6.22. The number of esters is 1. The van der Waals surface area contributed by atoms with E-state index >= 15 is 0 Å². The number of nitrogens with zero attached hydrogens (tertiary/aromatic N) is 1. The molecule has 6 heteroatoms. The maximum atomic E-state index is 12.6. The molecule has 2 N–H and O–H groups in total. The lowest BCUT2D eigenvalue weighted by molar-refractivity contribution is -0.118. The highest BCUT2D eigenvalue weighted by atomic mass is 16.5. The molecule has 2 aromatic rings. The molecule has 1 saturated heterocycles. The number of fused-ring (bicyclic) bond motifs is 1. The number of carbonyl (C=O) groups excluding carboxylic acids is 2. The number of ether oxygens (including phenoxy) is 1. The maximum Gasteiger partial charge on any atom is 0.356 e. The van der Waals surface area contributed by atoms with Crippen molar-refractivity contribution < 1.29 is 14.3 Å². The number of hydrogen-bond acceptors (Lipinski definition) is 4. The normalized spacial score (nSPS) is 18.3. The smallest absolute Gasteiger partial charge is 0.356 e. The van der Waals surface area contributed by atoms with Crippen LogP contribution in [-0.2, 0) is 9.53 Å². The van der Waals surface area contributed by atoms with Gasteiger partial charge in [-0.25, -0.2) is 4.79 Å². The van der Waals surface area contributed by atoms with Gasteiger partial charge in [0.05, 0.1) is 19.3 Å². The van der Waals surface area contributed by atoms with E-state index < -0.39 is 5.97 Å². The fourth-order valence-electron chi connectivity index (χ4n) is 3.45. The van der Waals surface area contributed by atoms with Crippen LogP contribution in [0.4, 0.5) is 5.69 Å². The quantitative estimate of drug-likeness (QED) is 0.837. The molecule has 0 saturated carbocycles. The average molecular weight is 343 g/mol. The van der Waals surface area contributed by atoms with Gasteiger partial charge in [-0.2, -0.15) is 0 Å². The fourth-order valence-corrected chi connectivity index (χ4v) is 3.45. The van der Waals surface area contributed by atoms with E-state index in [2.05, 4.69) is 22.1 Å². The Balaban J connectivity index is 1.87. The zero-order valence-electron chi connectivity index (χ0n) is 15.0. The molecule has 1 aromatic carbocycles. The van der Waals surface area contributed by atoms with Gasteiger partial charge in [-0.1, -0.05) is 18.1 Å². The molecular weight excluding hydrogens is 318 g/mol. The number of aromatic amines is 1. The Kier molecular flexibility index (Phi) is 5.08. The summed E-state index contributed by atoms with van der Waals surface area (Å²) < 4.78 is 4.85. The molecule has 25 heavy (non-hydrogen) atoms. The highest BCUT2D eigenvalue weighted by molar-refractivity contribution is 6.11. The van der Waals surface area contributed by atoms with Crippen molar-refractivity contribution >= 4 is 28.5 Å². The number of amides is 1. The molecule has 2 heterocycles. The molecule has 6 nitrogen and oxygen atoms in total. The van der Waals surface area contributed by atoms with Crippen LogP contribution >= 0.6 is 0 Å². The van der Waals surface area contributed by atoms with Crippen molar-refractivity contribution in [1.82, 2.24) is 9.88 Å². The number of rotatable bonds is 4. The van der Waals surface area contributed by atoms with Crippen molar-refractivity contribution in [3.63, 3.8) is 0 Å². The van der Waals surface area contributed by atoms with Gasteiger partial charge in [-0.05, 0) is 45.4 Å². The number of aryl methyl sites for hydroxylation is 1. The van der Waals surface area contributed by atoms with Gasteiger partial charge in [0.2, 0.25) is 5.91 Å². The first-order chi connectivity index (χ1) is 12.0. The van der Waals surface area contributed by atoms with Crippen molar-refractivity contribution in [3.8, 4) is 0 Å². The summed E-state index contributed by atoms with van der Waals surface area (Å²) in [6.45, 7) is 5.40. The standard InChI is InChI=1S/C19H25N3O3/c1-12-7-8-15-14(10-12)17(18(20-15)19(24)25-3)21-16(23)11-22-9-5-4-6-13(22)2/h7-8,10,13,20H,4-6,9,11H2,1-3H3,(H,21,23). The van der Waals surface area contributed by atoms with E-state index in [1.165, 1.54) is 13.5 Å². The van der Waals surface area contributed by atoms with E-state index in [0.717, 1.165) is 35.9 Å². The minimum absolute atomic E-state index is 0.110. The van der Waals surface area contributed by atoms with E-state index in [0.29, 0.717) is 18.3 Å². The molecule has 1 aromatic heterocycles. The lowest BCUT2D eigenvalue weighted by Crippen LogP contribution is -2.42. The molecule has 1 atom stereocenters. The molecule has 3 rings (SSSR count). The van der Waals surface area contributed by atoms with Crippen LogP contribution in [0, 0.1) is 6.92 Å². The second-order valence-corrected chi connectivity index (χ2v) is 6.78. The van der Waals surface area contributed by atoms with Gasteiger partial charge >= 0.3 is 5.97 Å². The monoisotopic (exact) mass is 343 g/mol. The van der Waals surface area contributed by atoms with Crippen LogP contribution in [0.25, 0.3) is 10.9 Å². The Labute approximate surface area is 147 Å². The van der Waals surface area contributed by atoms with Crippen LogP contribution in [0.5, 0.6) is 0 Å². The number of methoxy groups -OCH3 is 1. The predicted molar refractivity (Wildman–Crippen MR) is 97.9 cm³/mol. The van der Waals surface area contributed by atoms with Gasteiger partial charge in [0.15, 0.2) is 0 Å². The molecule has 1 aliphatic rings. The minimum Gasteiger partial charge on any atom is -0.464 e. The van der Waals surface area contributed by atoms with E-state index in [-0.39, 0.29) is 11.6 Å². The summed E-state index contributed by atoms with van der Waals surface area (Å²) in [5.41, 5.74) is 2.64. The third-order valence-electron chi connectivity index (χ3n) is 4.90. The third kappa shape index (κ3) is 3.69. The van der Waals surface area contributed by atoms with Crippen molar-refractivity contribution in [1.29, 1.82) is 0 Å². The molecule has 1 unspecified atom stereocenters. The lowest BCUT2D eigenvalue weighted by atomic mass is 10.0. The molecule has 0 bridgehead atoms. The minimum atomic E-state index is -0.490. The first-order valence-corrected chi connectivity index (χ1v) is 8.74. The highest BCUT2D eigenvalue weighted by Gasteiger charge is 2.24. The van der Waals surface area contributed by atoms with E-state index in [4.69, 9.17) is 4.74 Å². The average Bonchev–Trinajstić information content (AvgIpc) is 2.94. The van der Waals surface area contributed by atoms with Crippen molar-refractivity contribution in [2.45, 2.75) is 39.2 Å². The van der Waals surface area contributed by atoms with E-state index in [1.807, 2.05) is 25.1 Å². The number of anilines is 1. The first-order valence-electron chi connectivity index (χ1n) is 8.74. The van der Waals surface area contributed by atoms with E-state index in [9.17, 15) is 9.59 Å². The second-order valence-electron chi connectivity index (χ2n) is 6.78. The molecule has 0 spiro atoms. The number of likely N-dealkylation sites (tertiary alicyclic amines) is 1. The Morgan fingerprint density at radius 1 is 1.36 bits per heavy atom. The Morgan fingerprint density at radius 2 is 2.16 bits per heavy atom. The molecule has 0 aliphatic carbocycles. The summed E-state index contributed by atoms with van der Waals surface area (Å²) >= 11 is 0. The van der Waals surface area contributed by atoms with Crippen molar-refractivity contribution in [2.75, 3.05) is 25.5 Å². The number of carbonyl (C=O) groups is 2. The Morgan fingerprint density at radius 3 is 2.88 bits per heavy atom. The van der Waals surface area contributed by atoms with Crippen molar-refractivity contribution in [2.24, 2.45) is 0 Å². The largest absolute Gasteiger partial charge is 0.464 e. The molecular formula is C19H25N3O3. The Bertz CT molecular complexity index is 797. The first kappa shape index (κ1) is 17.5. The number of piperidine rings is 1. The van der Waals surface area contributed by atoms with Gasteiger partial charge in [0, 0.05) is 16.9 Å². The van der Waals surface area contributed by atoms with E-state index in [1.54, 1.807) is 0 Å². The molecule has 0 radical (unpaired) electrons. The number of nitrogens with one attached hydrogen (secondary N) is 2. The fraction of sp³-hybridized carbons (Fsp3) is 0.474. The lowest BCUT2D eigenvalue weighted by Gasteiger charge is -2.32. The number of hydrogen-bond donors (Lipinski definition) is 2. The summed E-state index contributed by atoms with van der Waals surface area (Å²) in [7, 11) is 1.33. The zero-order valence-corrected chi connectivity index (χ0v) is 15.0. The van der Waals surface area contributed by atoms with Gasteiger partial charge in [-0.15, -0.1) is 0 Å². The number of aromatic nitrogens is 1. The van der Waals surface area contributed by atoms with Crippen LogP contribution in [-0.4, -0.2) is 48.0 Å². The van der Waals surface area contributed by atoms with Gasteiger partial charge in [0.1, 0.15) is 5.69 Å². The predicted octanol–water partition coefficient (Wildman–Crippen LogP) is 3.08. The number of benzene rings is 1. The third-order valence-corrected chi connectivity index (χ3v) is 4.90. The van der Waals surface area contributed by atoms with Crippen LogP contribution in [0.1, 0.15) is 42.2 Å². The van der Waals surface area contributed by atoms with Gasteiger partial charge < -0.3 is 15.0 Å². The topological polar surface area (TPSA) is 74.4 Å². The van der Waals surface area contributed by atoms with Crippen LogP contribution in [0.3, 0.4) is 0 Å². The van der Waals surface area contributed by atoms with Crippen LogP contribution in [0.15, 0.2) is 18.2 Å². The summed E-state index contributed by atoms with van der Waals surface area (Å²) in [4.78, 5) is 29.9. The van der Waals surface area contributed by atoms with Crippen molar-refractivity contribution in [3.05, 3.63) is 29.5 Å². The number of H-pyrrole nitrogens is 1. The zero-order chi connectivity index (χ0) is 18.0. The summed E-state index contributed by atoms with van der Waals surface area (Å²) in [5.74, 6) is -0.600. The summed E-state index contributed by atoms with van der Waals surface area (Å²) in [6.07, 6.45) is 3.46. The second kappa shape index (κ2) is 7.27. The molecule has 1 fully saturated rings. The Hall–Kier alpha value is -2.34. The maximum absolute atomic E-state index is 12.6. The van der Waals surface area contributed by atoms with Gasteiger partial charge in [-0.3, -0.25) is 9.69 Å². The van der Waals surface area contributed by atoms with Crippen LogP contribution < -0.4 is 5.32 Å². The summed E-state index contributed by atoms with van der Waals surface area (Å²) in [5, 5.41) is 3.75. The molecule has 1 aliphatic heterocycles. The molecule has 1 amide bonds. The SMILES string of the molecule is COC(=O)c1[nH]c2ccc(C)cc2c1NC(=O)CN1CCCCC1C. The van der Waals surface area contributed by atoms with Gasteiger partial charge in [0.25, 0.3) is 0 Å².